The number of hydrazine groups is 1. The molecule has 44 valence electrons. The van der Waals surface area contributed by atoms with Crippen LogP contribution in [0.2, 0.25) is 0 Å². The van der Waals surface area contributed by atoms with Gasteiger partial charge in [0.2, 0.25) is 0 Å². The first kappa shape index (κ1) is 8.25. The van der Waals surface area contributed by atoms with Crippen LogP contribution in [0.25, 0.3) is 0 Å². The Bertz CT molecular complexity index is 76.1. The summed E-state index contributed by atoms with van der Waals surface area (Å²) in [5.41, 5.74) is 4.35. The number of hydrogen-bond donors (Lipinski definition) is 1. The molecule has 0 unspecified atom stereocenters. The van der Waals surface area contributed by atoms with Gasteiger partial charge in [-0.05, 0) is 0 Å². The summed E-state index contributed by atoms with van der Waals surface area (Å²) >= 11 is 4.85. The third-order valence-electron chi connectivity index (χ3n) is 0.676. The first-order valence-corrected chi connectivity index (χ1v) is 4.43. The molecule has 0 aromatic carbocycles. The summed E-state index contributed by atoms with van der Waals surface area (Å²) in [5.74, 6) is 0. The van der Waals surface area contributed by atoms with E-state index < -0.39 is 0 Å². The second kappa shape index (κ2) is 5.39. The van der Waals surface area contributed by atoms with Gasteiger partial charge >= 0.3 is 60.8 Å². The molecule has 8 heavy (non-hydrogen) atoms. The summed E-state index contributed by atoms with van der Waals surface area (Å²) in [6, 6.07) is 0. The van der Waals surface area contributed by atoms with Crippen molar-refractivity contribution in [3.63, 3.8) is 0 Å². The van der Waals surface area contributed by atoms with E-state index in [9.17, 15) is 0 Å². The predicted octanol–water partition coefficient (Wildman–Crippen LogP) is -0.526. The van der Waals surface area contributed by atoms with Gasteiger partial charge in [0.1, 0.15) is 0 Å². The van der Waals surface area contributed by atoms with Gasteiger partial charge in [0.15, 0.2) is 0 Å². The van der Waals surface area contributed by atoms with Crippen molar-refractivity contribution >= 4 is 37.9 Å². The molecule has 0 radical (unpaired) electrons. The average molecular weight is 144 g/mol. The van der Waals surface area contributed by atoms with E-state index in [-0.39, 0.29) is 0 Å². The average Bonchev–Trinajstić information content (AvgIpc) is 1.68. The molecule has 0 amide bonds. The van der Waals surface area contributed by atoms with Gasteiger partial charge in [-0.3, -0.25) is 0 Å². The molecular weight excluding hydrogens is 135 g/mol. The van der Waals surface area contributed by atoms with E-state index in [2.05, 4.69) is 23.0 Å². The first-order chi connectivity index (χ1) is 3.81. The maximum atomic E-state index is 4.55. The van der Waals surface area contributed by atoms with E-state index in [1.165, 1.54) is 5.49 Å². The number of hydrogen-bond acceptors (Lipinski definition) is 2. The van der Waals surface area contributed by atoms with Crippen molar-refractivity contribution in [3.8, 4) is 0 Å². The monoisotopic (exact) mass is 144 g/mol. The minimum atomic E-state index is 0.294. The molecule has 1 N–H and O–H groups in total. The van der Waals surface area contributed by atoms with Gasteiger partial charge in [-0.25, -0.2) is 0 Å². The molecule has 0 aliphatic heterocycles. The topological polar surface area (TPSA) is 15.3 Å². The molecule has 0 spiro atoms. The first-order valence-electron chi connectivity index (χ1n) is 2.33. The number of rotatable bonds is 4. The van der Waals surface area contributed by atoms with Crippen molar-refractivity contribution in [2.45, 2.75) is 0 Å². The molecule has 0 saturated heterocycles. The fraction of sp³-hybridized carbons (Fsp3) is 0.500. The Morgan fingerprint density at radius 3 is 3.00 bits per heavy atom. The van der Waals surface area contributed by atoms with E-state index in [0.29, 0.717) is 14.8 Å². The van der Waals surface area contributed by atoms with Crippen LogP contribution in [0, 0.1) is 0 Å². The van der Waals surface area contributed by atoms with Crippen molar-refractivity contribution in [3.05, 3.63) is 0 Å². The van der Waals surface area contributed by atoms with Crippen LogP contribution in [0.1, 0.15) is 0 Å². The Hall–Kier alpha value is 0.252. The molecule has 0 rings (SSSR count). The van der Waals surface area contributed by atoms with Crippen LogP contribution in [0.3, 0.4) is 0 Å². The quantitative estimate of drug-likeness (QED) is 0.324. The van der Waals surface area contributed by atoms with E-state index in [1.54, 1.807) is 0 Å². The Morgan fingerprint density at radius 1 is 2.00 bits per heavy atom. The Kier molecular flexibility index (Phi) is 5.56. The van der Waals surface area contributed by atoms with Crippen LogP contribution < -0.4 is 5.43 Å². The summed E-state index contributed by atoms with van der Waals surface area (Å²) in [7, 11) is 1.95. The van der Waals surface area contributed by atoms with Gasteiger partial charge in [0.25, 0.3) is 0 Å². The summed E-state index contributed by atoms with van der Waals surface area (Å²) < 4.78 is 0. The molecule has 0 atom stereocenters. The molecule has 0 aliphatic rings. The zero-order chi connectivity index (χ0) is 6.41. The van der Waals surface area contributed by atoms with Crippen molar-refractivity contribution < 1.29 is 0 Å². The van der Waals surface area contributed by atoms with Gasteiger partial charge in [-0.15, -0.1) is 0 Å². The standard InChI is InChI=1S/C3H7N2S.CH2.Al/c1-5(2)4-3-6;;/h3H,1H2,2H3,(H,4,6);1H2;. The Balaban J connectivity index is 3.16. The van der Waals surface area contributed by atoms with Gasteiger partial charge in [0, 0.05) is 0 Å². The van der Waals surface area contributed by atoms with E-state index in [1.807, 2.05) is 12.1 Å². The van der Waals surface area contributed by atoms with E-state index in [4.69, 9.17) is 0 Å². The normalized spacial score (nSPS) is 8.25. The van der Waals surface area contributed by atoms with Crippen LogP contribution in [0.4, 0.5) is 0 Å². The molecule has 0 heterocycles. The molecule has 0 aliphatic carbocycles. The van der Waals surface area contributed by atoms with Crippen LogP contribution in [0.15, 0.2) is 0 Å². The van der Waals surface area contributed by atoms with Gasteiger partial charge in [-0.2, -0.15) is 0 Å². The maximum absolute atomic E-state index is 4.55. The van der Waals surface area contributed by atoms with Crippen molar-refractivity contribution in [1.29, 1.82) is 0 Å². The second-order valence-electron chi connectivity index (χ2n) is 1.42. The SMILES string of the molecule is [CH2]=[Al][CH2]N(C)NC=S. The molecule has 0 aromatic heterocycles. The zero-order valence-electron chi connectivity index (χ0n) is 4.92. The molecule has 0 aromatic rings. The van der Waals surface area contributed by atoms with E-state index >= 15 is 0 Å². The van der Waals surface area contributed by atoms with Crippen LogP contribution in [0.5, 0.6) is 0 Å². The van der Waals surface area contributed by atoms with Gasteiger partial charge in [0.05, 0.1) is 0 Å². The summed E-state index contributed by atoms with van der Waals surface area (Å²) in [6.07, 6.45) is 0. The van der Waals surface area contributed by atoms with Crippen molar-refractivity contribution in [2.24, 2.45) is 0 Å². The molecule has 0 bridgehead atoms. The number of nitrogens with one attached hydrogen (secondary N) is 1. The summed E-state index contributed by atoms with van der Waals surface area (Å²) in [6.45, 7) is 0. The summed E-state index contributed by atoms with van der Waals surface area (Å²) in [4.78, 5) is 0. The van der Waals surface area contributed by atoms with E-state index in [0.717, 1.165) is 5.41 Å². The summed E-state index contributed by atoms with van der Waals surface area (Å²) in [5, 5.41) is 6.69. The second-order valence-corrected chi connectivity index (χ2v) is 2.59. The molecular formula is C4H9AlN2S. The van der Waals surface area contributed by atoms with Crippen LogP contribution in [-0.2, 0) is 0 Å². The fourth-order valence-corrected chi connectivity index (χ4v) is 1.01. The minimum absolute atomic E-state index is 0.294. The van der Waals surface area contributed by atoms with Crippen LogP contribution in [-0.4, -0.2) is 43.1 Å². The molecule has 2 nitrogen and oxygen atoms in total. The van der Waals surface area contributed by atoms with Crippen LogP contribution >= 0.6 is 12.2 Å². The third-order valence-corrected chi connectivity index (χ3v) is 1.59. The zero-order valence-corrected chi connectivity index (χ0v) is 6.90. The molecule has 0 saturated carbocycles. The van der Waals surface area contributed by atoms with Crippen molar-refractivity contribution in [2.75, 3.05) is 12.5 Å². The fourth-order valence-electron chi connectivity index (χ4n) is 0.336. The van der Waals surface area contributed by atoms with Gasteiger partial charge in [-0.1, -0.05) is 0 Å². The third kappa shape index (κ3) is 4.41. The predicted molar refractivity (Wildman–Crippen MR) is 42.3 cm³/mol. The Morgan fingerprint density at radius 2 is 2.62 bits per heavy atom. The Labute approximate surface area is 61.1 Å². The van der Waals surface area contributed by atoms with Gasteiger partial charge < -0.3 is 0 Å². The molecule has 4 heteroatoms. The molecule has 0 fully saturated rings. The number of nitrogens with zero attached hydrogens (tertiary/aromatic N) is 1. The number of thiocarbonyl (C=S) groups is 1. The van der Waals surface area contributed by atoms with Crippen molar-refractivity contribution in [1.82, 2.24) is 10.4 Å².